The van der Waals surface area contributed by atoms with Gasteiger partial charge in [-0.3, -0.25) is 9.20 Å². The molecule has 4 aromatic rings. The van der Waals surface area contributed by atoms with Gasteiger partial charge in [-0.25, -0.2) is 4.98 Å². The van der Waals surface area contributed by atoms with Gasteiger partial charge in [-0.2, -0.15) is 4.68 Å². The van der Waals surface area contributed by atoms with Crippen LogP contribution in [-0.2, 0) is 0 Å². The molecule has 1 saturated carbocycles. The number of aromatic nitrogens is 6. The molecule has 1 amide bonds. The van der Waals surface area contributed by atoms with Gasteiger partial charge in [-0.15, -0.1) is 16.4 Å². The van der Waals surface area contributed by atoms with E-state index in [-0.39, 0.29) is 5.91 Å². The molecule has 0 bridgehead atoms. The molecular weight excluding hydrogens is 476 g/mol. The van der Waals surface area contributed by atoms with Crippen molar-refractivity contribution in [2.24, 2.45) is 0 Å². The fraction of sp³-hybridized carbons (Fsp3) is 0.320. The molecule has 1 aliphatic heterocycles. The summed E-state index contributed by atoms with van der Waals surface area (Å²) in [4.78, 5) is 22.0. The fourth-order valence-electron chi connectivity index (χ4n) is 4.46. The first-order valence-electron chi connectivity index (χ1n) is 11.9. The van der Waals surface area contributed by atoms with Gasteiger partial charge in [0.15, 0.2) is 11.5 Å². The molecule has 0 radical (unpaired) electrons. The zero-order chi connectivity index (χ0) is 24.8. The number of tetrazole rings is 1. The number of carbonyl (C=O) groups is 1. The third-order valence-electron chi connectivity index (χ3n) is 6.79. The second-order valence-electron chi connectivity index (χ2n) is 9.26. The summed E-state index contributed by atoms with van der Waals surface area (Å²) in [5.74, 6) is 0.871. The number of likely N-dealkylation sites (N-methyl/N-ethyl adjacent to an activating group) is 1. The Morgan fingerprint density at radius 1 is 1.31 bits per heavy atom. The molecule has 4 aromatic heterocycles. The lowest BCUT2D eigenvalue weighted by Gasteiger charge is -2.24. The van der Waals surface area contributed by atoms with E-state index in [1.165, 1.54) is 4.88 Å². The van der Waals surface area contributed by atoms with Crippen molar-refractivity contribution in [1.82, 2.24) is 39.8 Å². The number of pyridine rings is 1. The van der Waals surface area contributed by atoms with Crippen molar-refractivity contribution in [2.45, 2.75) is 38.3 Å². The molecule has 6 rings (SSSR count). The highest BCUT2D eigenvalue weighted by molar-refractivity contribution is 7.15. The van der Waals surface area contributed by atoms with Crippen LogP contribution in [0.25, 0.3) is 21.9 Å². The molecular formula is C25H26N8O2S. The largest absolute Gasteiger partial charge is 0.370 e. The van der Waals surface area contributed by atoms with Crippen LogP contribution in [-0.4, -0.2) is 65.3 Å². The van der Waals surface area contributed by atoms with Gasteiger partial charge in [0.05, 0.1) is 22.3 Å². The number of imidazole rings is 1. The number of hydrogen-bond acceptors (Lipinski definition) is 8. The molecule has 5 heterocycles. The lowest BCUT2D eigenvalue weighted by Crippen LogP contribution is -2.31. The minimum absolute atomic E-state index is 0.235. The molecule has 1 aliphatic carbocycles. The number of nitrogens with zero attached hydrogens (tertiary/aromatic N) is 7. The number of amides is 1. The summed E-state index contributed by atoms with van der Waals surface area (Å²) in [7, 11) is 1.79. The first kappa shape index (κ1) is 22.6. The molecule has 0 saturated heterocycles. The number of aliphatic hydroxyl groups excluding tert-OH is 1. The summed E-state index contributed by atoms with van der Waals surface area (Å²) in [5, 5.41) is 25.6. The summed E-state index contributed by atoms with van der Waals surface area (Å²) in [6, 6.07) is 5.94. The zero-order valence-corrected chi connectivity index (χ0v) is 20.8. The standard InChI is InChI=1S/C25H26N8O2S/c1-15-6-7-21(36-15)20-13-26-24-19(33-23(28-29-30-33)17-4-3-5-17)11-18(14-32(20)24)25(35)27-12-16-8-9-31(2)22(34)10-16/h6-11,13-14,17,22,34H,3-5,12H2,1-2H3,(H,27,35). The highest BCUT2D eigenvalue weighted by Crippen LogP contribution is 2.36. The fourth-order valence-corrected chi connectivity index (χ4v) is 5.33. The van der Waals surface area contributed by atoms with E-state index in [0.29, 0.717) is 29.4 Å². The normalized spacial score (nSPS) is 17.9. The average Bonchev–Trinajstić information content (AvgIpc) is 3.57. The maximum absolute atomic E-state index is 13.3. The Labute approximate surface area is 211 Å². The van der Waals surface area contributed by atoms with Crippen molar-refractivity contribution in [3.63, 3.8) is 0 Å². The van der Waals surface area contributed by atoms with E-state index in [9.17, 15) is 9.90 Å². The van der Waals surface area contributed by atoms with E-state index >= 15 is 0 Å². The number of carbonyl (C=O) groups excluding carboxylic acids is 1. The zero-order valence-electron chi connectivity index (χ0n) is 20.0. The van der Waals surface area contributed by atoms with Crippen molar-refractivity contribution in [3.05, 3.63) is 70.8 Å². The SMILES string of the molecule is Cc1ccc(-c2cnc3c(-n4nnnc4C4CCC4)cc(C(=O)NCC4=CC(O)N(C)C=C4)cn23)s1. The molecule has 10 nitrogen and oxygen atoms in total. The third kappa shape index (κ3) is 3.99. The molecule has 11 heteroatoms. The summed E-state index contributed by atoms with van der Waals surface area (Å²) in [6.07, 6.45) is 11.6. The van der Waals surface area contributed by atoms with E-state index < -0.39 is 6.23 Å². The van der Waals surface area contributed by atoms with E-state index in [0.717, 1.165) is 41.2 Å². The summed E-state index contributed by atoms with van der Waals surface area (Å²) in [6.45, 7) is 2.36. The van der Waals surface area contributed by atoms with Gasteiger partial charge in [-0.1, -0.05) is 6.42 Å². The number of nitrogens with one attached hydrogen (secondary N) is 1. The predicted octanol–water partition coefficient (Wildman–Crippen LogP) is 3.05. The van der Waals surface area contributed by atoms with Gasteiger partial charge in [0.25, 0.3) is 5.91 Å². The Hall–Kier alpha value is -3.83. The molecule has 2 N–H and O–H groups in total. The molecule has 1 unspecified atom stereocenters. The minimum atomic E-state index is -0.711. The van der Waals surface area contributed by atoms with Gasteiger partial charge >= 0.3 is 0 Å². The molecule has 184 valence electrons. The lowest BCUT2D eigenvalue weighted by molar-refractivity contribution is 0.0935. The summed E-state index contributed by atoms with van der Waals surface area (Å²) in [5.41, 5.74) is 3.56. The maximum Gasteiger partial charge on any atom is 0.253 e. The van der Waals surface area contributed by atoms with E-state index in [1.807, 2.05) is 22.9 Å². The van der Waals surface area contributed by atoms with Crippen molar-refractivity contribution < 1.29 is 9.90 Å². The number of aliphatic hydroxyl groups is 1. The second kappa shape index (κ2) is 8.99. The number of aryl methyl sites for hydroxylation is 1. The number of fused-ring (bicyclic) bond motifs is 1. The first-order valence-corrected chi connectivity index (χ1v) is 12.7. The Morgan fingerprint density at radius 3 is 2.89 bits per heavy atom. The molecule has 0 aromatic carbocycles. The van der Waals surface area contributed by atoms with Crippen molar-refractivity contribution >= 4 is 22.9 Å². The Bertz CT molecular complexity index is 1510. The van der Waals surface area contributed by atoms with Crippen LogP contribution in [0, 0.1) is 6.92 Å². The molecule has 0 spiro atoms. The Balaban J connectivity index is 1.40. The molecule has 1 atom stereocenters. The molecule has 36 heavy (non-hydrogen) atoms. The van der Waals surface area contributed by atoms with Crippen LogP contribution in [0.5, 0.6) is 0 Å². The van der Waals surface area contributed by atoms with Crippen LogP contribution in [0.15, 0.2) is 54.5 Å². The second-order valence-corrected chi connectivity index (χ2v) is 10.5. The highest BCUT2D eigenvalue weighted by Gasteiger charge is 2.28. The van der Waals surface area contributed by atoms with Crippen molar-refractivity contribution in [1.29, 1.82) is 0 Å². The topological polar surface area (TPSA) is 113 Å². The van der Waals surface area contributed by atoms with E-state index in [1.54, 1.807) is 46.3 Å². The Morgan fingerprint density at radius 2 is 2.17 bits per heavy atom. The van der Waals surface area contributed by atoms with Gasteiger partial charge in [0.2, 0.25) is 0 Å². The van der Waals surface area contributed by atoms with Crippen LogP contribution in [0.3, 0.4) is 0 Å². The van der Waals surface area contributed by atoms with Crippen LogP contribution < -0.4 is 5.32 Å². The quantitative estimate of drug-likeness (QED) is 0.417. The molecule has 2 aliphatic rings. The van der Waals surface area contributed by atoms with E-state index in [2.05, 4.69) is 39.9 Å². The summed E-state index contributed by atoms with van der Waals surface area (Å²) < 4.78 is 3.67. The summed E-state index contributed by atoms with van der Waals surface area (Å²) >= 11 is 1.68. The van der Waals surface area contributed by atoms with Crippen LogP contribution in [0.4, 0.5) is 0 Å². The third-order valence-corrected chi connectivity index (χ3v) is 7.81. The number of thiophene rings is 1. The lowest BCUT2D eigenvalue weighted by atomic mass is 9.85. The number of hydrogen-bond donors (Lipinski definition) is 2. The average molecular weight is 503 g/mol. The molecule has 1 fully saturated rings. The van der Waals surface area contributed by atoms with Crippen molar-refractivity contribution in [3.8, 4) is 16.3 Å². The van der Waals surface area contributed by atoms with Crippen molar-refractivity contribution in [2.75, 3.05) is 13.6 Å². The van der Waals surface area contributed by atoms with Gasteiger partial charge in [-0.05, 0) is 66.1 Å². The monoisotopic (exact) mass is 502 g/mol. The highest BCUT2D eigenvalue weighted by atomic mass is 32.1. The number of rotatable bonds is 6. The first-order chi connectivity index (χ1) is 17.5. The van der Waals surface area contributed by atoms with E-state index in [4.69, 9.17) is 4.98 Å². The van der Waals surface area contributed by atoms with Gasteiger partial charge in [0, 0.05) is 36.8 Å². The minimum Gasteiger partial charge on any atom is -0.370 e. The maximum atomic E-state index is 13.3. The van der Waals surface area contributed by atoms with Crippen LogP contribution >= 0.6 is 11.3 Å². The van der Waals surface area contributed by atoms with Gasteiger partial charge in [0.1, 0.15) is 11.9 Å². The Kier molecular flexibility index (Phi) is 5.65. The van der Waals surface area contributed by atoms with Gasteiger partial charge < -0.3 is 15.3 Å². The van der Waals surface area contributed by atoms with Crippen LogP contribution in [0.1, 0.15) is 46.2 Å². The van der Waals surface area contributed by atoms with Crippen LogP contribution in [0.2, 0.25) is 0 Å². The smallest absolute Gasteiger partial charge is 0.253 e. The predicted molar refractivity (Wildman–Crippen MR) is 136 cm³/mol.